The lowest BCUT2D eigenvalue weighted by Gasteiger charge is -2.06. The first-order valence-electron chi connectivity index (χ1n) is 3.28. The molecule has 0 fully saturated rings. The smallest absolute Gasteiger partial charge is 0.342 e. The summed E-state index contributed by atoms with van der Waals surface area (Å²) in [6, 6.07) is 3.93. The van der Waals surface area contributed by atoms with E-state index in [1.54, 1.807) is 5.32 Å². The number of hydrogen-bond donors (Lipinski definition) is 1. The van der Waals surface area contributed by atoms with Gasteiger partial charge in [0.1, 0.15) is 6.54 Å². The first-order valence-corrected chi connectivity index (χ1v) is 4.16. The largest absolute Gasteiger partial charge is 0.405 e. The van der Waals surface area contributed by atoms with Crippen molar-refractivity contribution in [2.24, 2.45) is 0 Å². The summed E-state index contributed by atoms with van der Waals surface area (Å²) < 4.78 is 34.9. The summed E-state index contributed by atoms with van der Waals surface area (Å²) in [5, 5.41) is 3.25. The van der Waals surface area contributed by atoms with E-state index in [0.717, 1.165) is 11.3 Å². The van der Waals surface area contributed by atoms with Crippen molar-refractivity contribution in [3.63, 3.8) is 0 Å². The maximum atomic E-state index is 11.6. The lowest BCUT2D eigenvalue weighted by Crippen LogP contribution is -2.33. The highest BCUT2D eigenvalue weighted by Crippen LogP contribution is 2.13. The zero-order valence-electron chi connectivity index (χ0n) is 6.31. The van der Waals surface area contributed by atoms with E-state index in [2.05, 4.69) is 6.07 Å². The molecule has 0 unspecified atom stereocenters. The summed E-state index contributed by atoms with van der Waals surface area (Å²) in [6.45, 7) is -1.30. The molecule has 71 valence electrons. The molecule has 1 rings (SSSR count). The van der Waals surface area contributed by atoms with Crippen molar-refractivity contribution in [3.05, 3.63) is 22.4 Å². The summed E-state index contributed by atoms with van der Waals surface area (Å²) in [5.41, 5.74) is 0. The van der Waals surface area contributed by atoms with E-state index in [4.69, 9.17) is 0 Å². The van der Waals surface area contributed by atoms with E-state index in [1.165, 1.54) is 11.4 Å². The van der Waals surface area contributed by atoms with Gasteiger partial charge in [0.25, 0.3) is 5.91 Å². The molecule has 6 heteroatoms. The van der Waals surface area contributed by atoms with E-state index < -0.39 is 18.6 Å². The lowest BCUT2D eigenvalue weighted by atomic mass is 10.4. The van der Waals surface area contributed by atoms with Crippen molar-refractivity contribution in [1.82, 2.24) is 5.32 Å². The van der Waals surface area contributed by atoms with Crippen LogP contribution in [0.15, 0.2) is 11.4 Å². The minimum atomic E-state index is -4.36. The number of alkyl halides is 3. The Balaban J connectivity index is 2.44. The molecule has 0 aliphatic heterocycles. The molecule has 0 spiro atoms. The van der Waals surface area contributed by atoms with Gasteiger partial charge in [0, 0.05) is 0 Å². The zero-order valence-corrected chi connectivity index (χ0v) is 7.13. The Morgan fingerprint density at radius 3 is 2.77 bits per heavy atom. The molecule has 2 nitrogen and oxygen atoms in total. The quantitative estimate of drug-likeness (QED) is 0.789. The predicted octanol–water partition coefficient (Wildman–Crippen LogP) is 1.84. The van der Waals surface area contributed by atoms with Crippen molar-refractivity contribution < 1.29 is 18.0 Å². The molecule has 1 aromatic heterocycles. The van der Waals surface area contributed by atoms with Crippen LogP contribution in [0.25, 0.3) is 0 Å². The Bertz CT molecular complexity index is 280. The second-order valence-corrected chi connectivity index (χ2v) is 3.12. The third kappa shape index (κ3) is 3.45. The molecule has 0 aromatic carbocycles. The van der Waals surface area contributed by atoms with Crippen molar-refractivity contribution in [2.45, 2.75) is 6.18 Å². The van der Waals surface area contributed by atoms with Gasteiger partial charge in [-0.05, 0) is 17.5 Å². The Morgan fingerprint density at radius 1 is 1.62 bits per heavy atom. The van der Waals surface area contributed by atoms with Crippen molar-refractivity contribution in [1.29, 1.82) is 0 Å². The van der Waals surface area contributed by atoms with Crippen LogP contribution in [-0.4, -0.2) is 18.6 Å². The van der Waals surface area contributed by atoms with Crippen molar-refractivity contribution in [3.8, 4) is 0 Å². The maximum absolute atomic E-state index is 11.6. The standard InChI is InChI=1S/C7H5F3NOS/c8-7(9,10)4-11-6(12)5-2-1-3-13-5/h2-3H,4H2,(H,11,12). The molecular weight excluding hydrogens is 203 g/mol. The molecular formula is C7H5F3NOS. The second-order valence-electron chi connectivity index (χ2n) is 2.21. The van der Waals surface area contributed by atoms with Crippen LogP contribution in [0.4, 0.5) is 13.2 Å². The number of carbonyl (C=O) groups is 1. The molecule has 0 saturated heterocycles. The molecule has 0 saturated carbocycles. The molecule has 0 bridgehead atoms. The average Bonchev–Trinajstić information content (AvgIpc) is 2.50. The maximum Gasteiger partial charge on any atom is 0.405 e. The lowest BCUT2D eigenvalue weighted by molar-refractivity contribution is -0.123. The van der Waals surface area contributed by atoms with Gasteiger partial charge in [-0.1, -0.05) is 0 Å². The van der Waals surface area contributed by atoms with Gasteiger partial charge in [-0.25, -0.2) is 0 Å². The van der Waals surface area contributed by atoms with Gasteiger partial charge in [-0.2, -0.15) is 13.2 Å². The molecule has 1 heterocycles. The zero-order chi connectivity index (χ0) is 9.90. The topological polar surface area (TPSA) is 29.1 Å². The van der Waals surface area contributed by atoms with Gasteiger partial charge in [0.05, 0.1) is 4.88 Å². The van der Waals surface area contributed by atoms with Crippen LogP contribution in [0, 0.1) is 6.07 Å². The van der Waals surface area contributed by atoms with E-state index in [9.17, 15) is 18.0 Å². The highest BCUT2D eigenvalue weighted by Gasteiger charge is 2.27. The van der Waals surface area contributed by atoms with Gasteiger partial charge in [0.2, 0.25) is 0 Å². The SMILES string of the molecule is O=C(NCC(F)(F)F)c1c[c]cs1. The minimum Gasteiger partial charge on any atom is -0.342 e. The predicted molar refractivity (Wildman–Crippen MR) is 41.5 cm³/mol. The number of halogens is 3. The van der Waals surface area contributed by atoms with Crippen LogP contribution < -0.4 is 5.32 Å². The fourth-order valence-electron chi connectivity index (χ4n) is 0.628. The van der Waals surface area contributed by atoms with Crippen LogP contribution >= 0.6 is 11.3 Å². The third-order valence-electron chi connectivity index (χ3n) is 1.14. The Hall–Kier alpha value is -1.04. The first-order chi connectivity index (χ1) is 5.99. The highest BCUT2D eigenvalue weighted by atomic mass is 32.1. The van der Waals surface area contributed by atoms with Crippen LogP contribution in [0.3, 0.4) is 0 Å². The molecule has 0 aliphatic rings. The van der Waals surface area contributed by atoms with E-state index >= 15 is 0 Å². The van der Waals surface area contributed by atoms with Crippen LogP contribution in [0.1, 0.15) is 9.67 Å². The van der Waals surface area contributed by atoms with E-state index in [0.29, 0.717) is 0 Å². The third-order valence-corrected chi connectivity index (χ3v) is 1.95. The molecule has 1 radical (unpaired) electrons. The summed E-state index contributed by atoms with van der Waals surface area (Å²) in [5.74, 6) is -0.719. The number of nitrogens with one attached hydrogen (secondary N) is 1. The average molecular weight is 208 g/mol. The first kappa shape index (κ1) is 10.0. The Kier molecular flexibility index (Phi) is 2.92. The van der Waals surface area contributed by atoms with Crippen molar-refractivity contribution in [2.75, 3.05) is 6.54 Å². The van der Waals surface area contributed by atoms with Crippen molar-refractivity contribution >= 4 is 17.2 Å². The monoisotopic (exact) mass is 208 g/mol. The summed E-state index contributed by atoms with van der Waals surface area (Å²) in [7, 11) is 0. The summed E-state index contributed by atoms with van der Waals surface area (Å²) in [4.78, 5) is 11.2. The molecule has 0 aliphatic carbocycles. The molecule has 0 atom stereocenters. The van der Waals surface area contributed by atoms with Gasteiger partial charge in [0.15, 0.2) is 0 Å². The van der Waals surface area contributed by atoms with Crippen LogP contribution in [-0.2, 0) is 0 Å². The van der Waals surface area contributed by atoms with Gasteiger partial charge < -0.3 is 5.32 Å². The van der Waals surface area contributed by atoms with Gasteiger partial charge >= 0.3 is 6.18 Å². The fraction of sp³-hybridized carbons (Fsp3) is 0.286. The summed E-state index contributed by atoms with van der Waals surface area (Å²) >= 11 is 1.05. The second kappa shape index (κ2) is 3.78. The van der Waals surface area contributed by atoms with E-state index in [-0.39, 0.29) is 4.88 Å². The Morgan fingerprint density at radius 2 is 2.31 bits per heavy atom. The Labute approximate surface area is 76.4 Å². The van der Waals surface area contributed by atoms with Gasteiger partial charge in [-0.3, -0.25) is 4.79 Å². The number of rotatable bonds is 2. The van der Waals surface area contributed by atoms with E-state index in [1.807, 2.05) is 0 Å². The number of thiophene rings is 1. The molecule has 1 amide bonds. The number of carbonyl (C=O) groups excluding carboxylic acids is 1. The summed E-state index contributed by atoms with van der Waals surface area (Å²) in [6.07, 6.45) is -4.36. The van der Waals surface area contributed by atoms with Gasteiger partial charge in [-0.15, -0.1) is 11.3 Å². The molecule has 1 N–H and O–H groups in total. The fourth-order valence-corrected chi connectivity index (χ4v) is 1.21. The molecule has 1 aromatic rings. The normalized spacial score (nSPS) is 11.3. The highest BCUT2D eigenvalue weighted by molar-refractivity contribution is 7.12. The minimum absolute atomic E-state index is 0.226. The number of hydrogen-bond acceptors (Lipinski definition) is 2. The number of amides is 1. The molecule has 13 heavy (non-hydrogen) atoms. The van der Waals surface area contributed by atoms with Crippen LogP contribution in [0.5, 0.6) is 0 Å². The van der Waals surface area contributed by atoms with Crippen LogP contribution in [0.2, 0.25) is 0 Å².